The van der Waals surface area contributed by atoms with Gasteiger partial charge in [0.15, 0.2) is 0 Å². The van der Waals surface area contributed by atoms with Crippen molar-refractivity contribution in [2.24, 2.45) is 0 Å². The summed E-state index contributed by atoms with van der Waals surface area (Å²) in [5.74, 6) is -0.815. The van der Waals surface area contributed by atoms with Crippen LogP contribution < -0.4 is 5.32 Å². The van der Waals surface area contributed by atoms with Gasteiger partial charge >= 0.3 is 5.97 Å². The van der Waals surface area contributed by atoms with Crippen LogP contribution in [0.15, 0.2) is 0 Å². The second-order valence-corrected chi connectivity index (χ2v) is 5.24. The van der Waals surface area contributed by atoms with Crippen LogP contribution in [0.1, 0.15) is 27.2 Å². The summed E-state index contributed by atoms with van der Waals surface area (Å²) in [5, 5.41) is 12.5. The van der Waals surface area contributed by atoms with Crippen LogP contribution in [-0.4, -0.2) is 74.6 Å². The predicted molar refractivity (Wildman–Crippen MR) is 79.1 cm³/mol. The Bertz CT molecular complexity index is 268. The summed E-state index contributed by atoms with van der Waals surface area (Å²) in [6.07, 6.45) is 0.531. The lowest BCUT2D eigenvalue weighted by atomic mass is 9.92. The maximum absolute atomic E-state index is 11.5. The number of methoxy groups -OCH3 is 2. The molecule has 0 aromatic rings. The van der Waals surface area contributed by atoms with E-state index in [0.717, 1.165) is 13.1 Å². The first-order valence-corrected chi connectivity index (χ1v) is 7.11. The highest BCUT2D eigenvalue weighted by atomic mass is 16.5. The molecule has 0 saturated carbocycles. The van der Waals surface area contributed by atoms with Gasteiger partial charge in [0.25, 0.3) is 0 Å². The van der Waals surface area contributed by atoms with Crippen molar-refractivity contribution in [1.82, 2.24) is 10.2 Å². The summed E-state index contributed by atoms with van der Waals surface area (Å²) in [6, 6.07) is 0.125. The zero-order valence-electron chi connectivity index (χ0n) is 13.4. The van der Waals surface area contributed by atoms with E-state index in [0.29, 0.717) is 26.2 Å². The third kappa shape index (κ3) is 6.65. The lowest BCUT2D eigenvalue weighted by molar-refractivity contribution is -0.145. The van der Waals surface area contributed by atoms with Crippen molar-refractivity contribution in [3.05, 3.63) is 0 Å². The molecule has 0 aromatic heterocycles. The van der Waals surface area contributed by atoms with E-state index < -0.39 is 11.5 Å². The lowest BCUT2D eigenvalue weighted by Gasteiger charge is -2.35. The largest absolute Gasteiger partial charge is 0.480 e. The summed E-state index contributed by atoms with van der Waals surface area (Å²) in [7, 11) is 3.33. The SMILES string of the molecule is CCNC(C)(CC(C)N(CCOC)CCOC)C(=O)O. The molecule has 0 saturated heterocycles. The smallest absolute Gasteiger partial charge is 0.323 e. The molecule has 2 atom stereocenters. The molecule has 6 heteroatoms. The number of nitrogens with zero attached hydrogens (tertiary/aromatic N) is 1. The minimum absolute atomic E-state index is 0.125. The van der Waals surface area contributed by atoms with Crippen molar-refractivity contribution in [2.75, 3.05) is 47.1 Å². The van der Waals surface area contributed by atoms with E-state index in [2.05, 4.69) is 10.2 Å². The Hall–Kier alpha value is -0.690. The zero-order chi connectivity index (χ0) is 15.6. The van der Waals surface area contributed by atoms with Crippen molar-refractivity contribution in [3.63, 3.8) is 0 Å². The highest BCUT2D eigenvalue weighted by Crippen LogP contribution is 2.17. The molecule has 2 unspecified atom stereocenters. The number of carboxylic acids is 1. The van der Waals surface area contributed by atoms with E-state index >= 15 is 0 Å². The molecule has 2 N–H and O–H groups in total. The van der Waals surface area contributed by atoms with Crippen LogP contribution in [0.25, 0.3) is 0 Å². The normalized spacial score (nSPS) is 16.1. The fourth-order valence-corrected chi connectivity index (χ4v) is 2.31. The molecule has 6 nitrogen and oxygen atoms in total. The lowest BCUT2D eigenvalue weighted by Crippen LogP contribution is -2.54. The molecular weight excluding hydrogens is 260 g/mol. The van der Waals surface area contributed by atoms with Gasteiger partial charge in [-0.3, -0.25) is 9.69 Å². The van der Waals surface area contributed by atoms with E-state index in [-0.39, 0.29) is 6.04 Å². The topological polar surface area (TPSA) is 71.0 Å². The quantitative estimate of drug-likeness (QED) is 0.554. The monoisotopic (exact) mass is 290 g/mol. The predicted octanol–water partition coefficient (Wildman–Crippen LogP) is 0.813. The first-order valence-electron chi connectivity index (χ1n) is 7.11. The summed E-state index contributed by atoms with van der Waals surface area (Å²) in [6.45, 7) is 9.11. The van der Waals surface area contributed by atoms with Crippen LogP contribution in [0.3, 0.4) is 0 Å². The van der Waals surface area contributed by atoms with E-state index in [1.54, 1.807) is 21.1 Å². The van der Waals surface area contributed by atoms with Gasteiger partial charge < -0.3 is 19.9 Å². The number of likely N-dealkylation sites (N-methyl/N-ethyl adjacent to an activating group) is 1. The maximum atomic E-state index is 11.5. The molecule has 0 aliphatic rings. The van der Waals surface area contributed by atoms with E-state index in [9.17, 15) is 9.90 Å². The minimum atomic E-state index is -0.910. The first-order chi connectivity index (χ1) is 9.41. The number of carboxylic acid groups (broad SMARTS) is 1. The van der Waals surface area contributed by atoms with Crippen LogP contribution in [0.2, 0.25) is 0 Å². The van der Waals surface area contributed by atoms with E-state index in [4.69, 9.17) is 9.47 Å². The number of aliphatic carboxylic acids is 1. The fourth-order valence-electron chi connectivity index (χ4n) is 2.31. The van der Waals surface area contributed by atoms with Gasteiger partial charge in [0.05, 0.1) is 13.2 Å². The molecule has 0 aliphatic heterocycles. The second kappa shape index (κ2) is 10.1. The molecule has 0 aliphatic carbocycles. The summed E-state index contributed by atoms with van der Waals surface area (Å²) in [4.78, 5) is 13.7. The van der Waals surface area contributed by atoms with Crippen molar-refractivity contribution >= 4 is 5.97 Å². The molecule has 120 valence electrons. The molecule has 20 heavy (non-hydrogen) atoms. The highest BCUT2D eigenvalue weighted by Gasteiger charge is 2.35. The van der Waals surface area contributed by atoms with Crippen molar-refractivity contribution in [3.8, 4) is 0 Å². The van der Waals surface area contributed by atoms with Gasteiger partial charge in [-0.15, -0.1) is 0 Å². The van der Waals surface area contributed by atoms with E-state index in [1.807, 2.05) is 13.8 Å². The highest BCUT2D eigenvalue weighted by molar-refractivity contribution is 5.78. The molecule has 0 aromatic carbocycles. The molecule has 0 radical (unpaired) electrons. The molecule has 0 heterocycles. The Morgan fingerprint density at radius 1 is 1.30 bits per heavy atom. The Labute approximate surface area is 122 Å². The van der Waals surface area contributed by atoms with Crippen molar-refractivity contribution in [1.29, 1.82) is 0 Å². The fraction of sp³-hybridized carbons (Fsp3) is 0.929. The van der Waals surface area contributed by atoms with Crippen LogP contribution in [-0.2, 0) is 14.3 Å². The van der Waals surface area contributed by atoms with Gasteiger partial charge in [0.2, 0.25) is 0 Å². The Morgan fingerprint density at radius 3 is 2.15 bits per heavy atom. The van der Waals surface area contributed by atoms with Gasteiger partial charge in [0.1, 0.15) is 5.54 Å². The van der Waals surface area contributed by atoms with E-state index in [1.165, 1.54) is 0 Å². The van der Waals surface area contributed by atoms with Crippen molar-refractivity contribution < 1.29 is 19.4 Å². The number of nitrogens with one attached hydrogen (secondary N) is 1. The van der Waals surface area contributed by atoms with Gasteiger partial charge in [-0.25, -0.2) is 0 Å². The summed E-state index contributed by atoms with van der Waals surface area (Å²) < 4.78 is 10.2. The Morgan fingerprint density at radius 2 is 1.80 bits per heavy atom. The third-order valence-corrected chi connectivity index (χ3v) is 3.53. The average Bonchev–Trinajstić information content (AvgIpc) is 2.38. The zero-order valence-corrected chi connectivity index (χ0v) is 13.4. The van der Waals surface area contributed by atoms with Gasteiger partial charge in [-0.2, -0.15) is 0 Å². The number of rotatable bonds is 12. The standard InChI is InChI=1S/C14H30N2O4/c1-6-15-14(3,13(17)18)11-12(2)16(7-9-19-4)8-10-20-5/h12,15H,6-11H2,1-5H3,(H,17,18). The Kier molecular flexibility index (Phi) is 9.75. The van der Waals surface area contributed by atoms with Crippen LogP contribution in [0.4, 0.5) is 0 Å². The molecule has 0 spiro atoms. The number of hydrogen-bond donors (Lipinski definition) is 2. The maximum Gasteiger partial charge on any atom is 0.323 e. The third-order valence-electron chi connectivity index (χ3n) is 3.53. The van der Waals surface area contributed by atoms with Gasteiger partial charge in [0, 0.05) is 33.4 Å². The van der Waals surface area contributed by atoms with Crippen LogP contribution in [0.5, 0.6) is 0 Å². The summed E-state index contributed by atoms with van der Waals surface area (Å²) in [5.41, 5.74) is -0.910. The number of hydrogen-bond acceptors (Lipinski definition) is 5. The summed E-state index contributed by atoms with van der Waals surface area (Å²) >= 11 is 0. The molecule has 0 rings (SSSR count). The Balaban J connectivity index is 4.67. The molecule has 0 fully saturated rings. The number of carbonyl (C=O) groups is 1. The van der Waals surface area contributed by atoms with Crippen LogP contribution in [0, 0.1) is 0 Å². The molecule has 0 bridgehead atoms. The minimum Gasteiger partial charge on any atom is -0.480 e. The average molecular weight is 290 g/mol. The molecular formula is C14H30N2O4. The van der Waals surface area contributed by atoms with Gasteiger partial charge in [-0.05, 0) is 26.8 Å². The first kappa shape index (κ1) is 19.3. The number of ether oxygens (including phenoxy) is 2. The molecule has 0 amide bonds. The van der Waals surface area contributed by atoms with Crippen LogP contribution >= 0.6 is 0 Å². The second-order valence-electron chi connectivity index (χ2n) is 5.24. The van der Waals surface area contributed by atoms with Crippen molar-refractivity contribution in [2.45, 2.75) is 38.8 Å². The van der Waals surface area contributed by atoms with Gasteiger partial charge in [-0.1, -0.05) is 6.92 Å².